The molecule has 2 aliphatic heterocycles. The van der Waals surface area contributed by atoms with Crippen molar-refractivity contribution in [2.24, 2.45) is 5.92 Å². The first kappa shape index (κ1) is 24.2. The molecular weight excluding hydrogens is 452 g/mol. The van der Waals surface area contributed by atoms with Crippen LogP contribution in [0.4, 0.5) is 34.0 Å². The van der Waals surface area contributed by atoms with Crippen molar-refractivity contribution in [3.8, 4) is 11.3 Å². The number of hydrogen-bond acceptors (Lipinski definition) is 5. The summed E-state index contributed by atoms with van der Waals surface area (Å²) in [6.45, 7) is 4.84. The summed E-state index contributed by atoms with van der Waals surface area (Å²) in [6.07, 6.45) is 2.26. The van der Waals surface area contributed by atoms with E-state index in [1.165, 1.54) is 38.2 Å². The number of cyclic esters (lactones) is 1. The van der Waals surface area contributed by atoms with Gasteiger partial charge in [-0.1, -0.05) is 26.7 Å². The lowest BCUT2D eigenvalue weighted by molar-refractivity contribution is -0.0984. The van der Waals surface area contributed by atoms with E-state index in [1.54, 1.807) is 0 Å². The number of aromatic nitrogens is 2. The molecule has 184 valence electrons. The van der Waals surface area contributed by atoms with Crippen molar-refractivity contribution in [2.75, 3.05) is 23.3 Å². The van der Waals surface area contributed by atoms with Gasteiger partial charge in [-0.15, -0.1) is 0 Å². The molecule has 2 aromatic heterocycles. The summed E-state index contributed by atoms with van der Waals surface area (Å²) >= 11 is 0. The Hall–Kier alpha value is -2.91. The molecule has 0 bridgehead atoms. The monoisotopic (exact) mass is 480 g/mol. The first-order chi connectivity index (χ1) is 16.0. The summed E-state index contributed by atoms with van der Waals surface area (Å²) in [5.41, 5.74) is -0.0643. The molecule has 2 aromatic rings. The van der Waals surface area contributed by atoms with Gasteiger partial charge in [0.05, 0.1) is 11.3 Å². The highest BCUT2D eigenvalue weighted by atomic mass is 19.3. The van der Waals surface area contributed by atoms with Crippen LogP contribution in [0.15, 0.2) is 24.4 Å². The molecule has 1 atom stereocenters. The summed E-state index contributed by atoms with van der Waals surface area (Å²) in [7, 11) is 0. The topological polar surface area (TPSA) is 67.3 Å². The van der Waals surface area contributed by atoms with Crippen LogP contribution >= 0.6 is 0 Å². The number of carbonyl (C=O) groups excluding carboxylic acids is 1. The highest BCUT2D eigenvalue weighted by Gasteiger charge is 2.45. The Morgan fingerprint density at radius 3 is 2.41 bits per heavy atom. The van der Waals surface area contributed by atoms with E-state index in [1.807, 2.05) is 4.90 Å². The quantitative estimate of drug-likeness (QED) is 0.493. The van der Waals surface area contributed by atoms with Crippen molar-refractivity contribution in [3.63, 3.8) is 0 Å². The van der Waals surface area contributed by atoms with Crippen LogP contribution in [0.25, 0.3) is 11.3 Å². The van der Waals surface area contributed by atoms with Gasteiger partial charge < -0.3 is 9.64 Å². The number of nitrogens with one attached hydrogen (secondary N) is 1. The molecule has 0 saturated carbocycles. The Balaban J connectivity index is 1.92. The molecular formula is C24H28F4N4O2. The number of hydrogen-bond donors (Lipinski definition) is 1. The molecule has 0 aliphatic carbocycles. The van der Waals surface area contributed by atoms with E-state index >= 15 is 8.78 Å². The van der Waals surface area contributed by atoms with Crippen LogP contribution in [0.5, 0.6) is 0 Å². The summed E-state index contributed by atoms with van der Waals surface area (Å²) in [6, 6.07) is 4.06. The fourth-order valence-corrected chi connectivity index (χ4v) is 4.35. The van der Waals surface area contributed by atoms with Crippen molar-refractivity contribution < 1.29 is 27.1 Å². The third-order valence-corrected chi connectivity index (χ3v) is 6.29. The Bertz CT molecular complexity index is 1060. The number of fused-ring (bicyclic) bond motifs is 1. The van der Waals surface area contributed by atoms with E-state index in [4.69, 9.17) is 4.74 Å². The van der Waals surface area contributed by atoms with E-state index < -0.39 is 30.0 Å². The van der Waals surface area contributed by atoms with Gasteiger partial charge in [0, 0.05) is 43.3 Å². The highest BCUT2D eigenvalue weighted by molar-refractivity contribution is 5.89. The molecule has 2 aliphatic rings. The smallest absolute Gasteiger partial charge is 0.413 e. The average Bonchev–Trinajstić information content (AvgIpc) is 3.06. The molecule has 0 radical (unpaired) electrons. The lowest BCUT2D eigenvalue weighted by Gasteiger charge is -2.31. The van der Waals surface area contributed by atoms with Gasteiger partial charge in [0.25, 0.3) is 11.8 Å². The normalized spacial score (nSPS) is 19.4. The number of anilines is 2. The van der Waals surface area contributed by atoms with E-state index in [0.29, 0.717) is 25.8 Å². The minimum Gasteiger partial charge on any atom is -0.434 e. The van der Waals surface area contributed by atoms with Gasteiger partial charge >= 0.3 is 6.09 Å². The van der Waals surface area contributed by atoms with E-state index in [0.717, 1.165) is 25.7 Å². The van der Waals surface area contributed by atoms with Crippen LogP contribution in [0.3, 0.4) is 0 Å². The highest BCUT2D eigenvalue weighted by Crippen LogP contribution is 2.46. The molecule has 0 spiro atoms. The Labute approximate surface area is 195 Å². The van der Waals surface area contributed by atoms with Crippen molar-refractivity contribution in [2.45, 2.75) is 64.4 Å². The summed E-state index contributed by atoms with van der Waals surface area (Å²) in [4.78, 5) is 22.5. The minimum atomic E-state index is -3.43. The molecule has 6 nitrogen and oxygen atoms in total. The van der Waals surface area contributed by atoms with Crippen LogP contribution in [0.2, 0.25) is 0 Å². The van der Waals surface area contributed by atoms with Gasteiger partial charge in [-0.3, -0.25) is 5.32 Å². The van der Waals surface area contributed by atoms with Crippen LogP contribution in [-0.4, -0.2) is 35.1 Å². The second-order valence-electron chi connectivity index (χ2n) is 9.27. The number of alkyl halides is 4. The minimum absolute atomic E-state index is 0.0890. The third-order valence-electron chi connectivity index (χ3n) is 6.29. The van der Waals surface area contributed by atoms with Crippen molar-refractivity contribution in [1.29, 1.82) is 0 Å². The van der Waals surface area contributed by atoms with E-state index in [9.17, 15) is 13.6 Å². The number of halogens is 4. The molecule has 1 saturated heterocycles. The average molecular weight is 481 g/mol. The number of rotatable bonds is 5. The zero-order valence-electron chi connectivity index (χ0n) is 19.4. The Morgan fingerprint density at radius 1 is 1.12 bits per heavy atom. The standard InChI is InChI=1S/C24H28F4N4O2/c1-14(2)24(27,28)15-12-17(30-18(13-15)32-10-6-4-5-7-11-32)16-8-9-29-21-19(16)20(23(3,25)26)34-22(33)31-21/h8-9,12-14,20H,4-7,10-11H2,1-3H3,(H,29,31,33)/t20-/m1/s1. The number of ether oxygens (including phenoxy) is 1. The maximum atomic E-state index is 15.2. The second kappa shape index (κ2) is 9.03. The van der Waals surface area contributed by atoms with Gasteiger partial charge in [-0.25, -0.2) is 32.3 Å². The maximum Gasteiger partial charge on any atom is 0.413 e. The molecule has 34 heavy (non-hydrogen) atoms. The van der Waals surface area contributed by atoms with Crippen LogP contribution in [0.1, 0.15) is 63.7 Å². The van der Waals surface area contributed by atoms with E-state index in [-0.39, 0.29) is 28.2 Å². The first-order valence-electron chi connectivity index (χ1n) is 11.5. The number of carbonyl (C=O) groups is 1. The molecule has 1 amide bonds. The number of amides is 1. The van der Waals surface area contributed by atoms with Gasteiger partial charge in [-0.05, 0) is 31.0 Å². The van der Waals surface area contributed by atoms with Gasteiger partial charge in [0.2, 0.25) is 0 Å². The van der Waals surface area contributed by atoms with Crippen molar-refractivity contribution in [3.05, 3.63) is 35.5 Å². The SMILES string of the molecule is CC(C)C(F)(F)c1cc(-c2ccnc3c2[C@H](C(C)(F)F)OC(=O)N3)nc(N2CCCCCC2)c1. The zero-order valence-corrected chi connectivity index (χ0v) is 19.4. The van der Waals surface area contributed by atoms with Crippen LogP contribution in [-0.2, 0) is 10.7 Å². The molecule has 4 heterocycles. The predicted molar refractivity (Wildman–Crippen MR) is 120 cm³/mol. The lowest BCUT2D eigenvalue weighted by Crippen LogP contribution is -2.35. The zero-order chi connectivity index (χ0) is 24.7. The summed E-state index contributed by atoms with van der Waals surface area (Å²) < 4.78 is 64.2. The molecule has 10 heteroatoms. The number of pyridine rings is 2. The fraction of sp³-hybridized carbons (Fsp3) is 0.542. The largest absolute Gasteiger partial charge is 0.434 e. The van der Waals surface area contributed by atoms with Gasteiger partial charge in [0.1, 0.15) is 11.6 Å². The summed E-state index contributed by atoms with van der Waals surface area (Å²) in [5, 5.41) is 2.33. The molecule has 0 unspecified atom stereocenters. The van der Waals surface area contributed by atoms with Crippen molar-refractivity contribution in [1.82, 2.24) is 9.97 Å². The maximum absolute atomic E-state index is 15.2. The molecule has 0 aromatic carbocycles. The first-order valence-corrected chi connectivity index (χ1v) is 11.5. The van der Waals surface area contributed by atoms with Gasteiger partial charge in [-0.2, -0.15) is 0 Å². The molecule has 1 fully saturated rings. The Kier molecular flexibility index (Phi) is 6.44. The fourth-order valence-electron chi connectivity index (χ4n) is 4.35. The Morgan fingerprint density at radius 2 is 1.79 bits per heavy atom. The third kappa shape index (κ3) is 4.67. The van der Waals surface area contributed by atoms with Gasteiger partial charge in [0.15, 0.2) is 6.10 Å². The molecule has 1 N–H and O–H groups in total. The predicted octanol–water partition coefficient (Wildman–Crippen LogP) is 6.53. The van der Waals surface area contributed by atoms with Crippen LogP contribution in [0, 0.1) is 5.92 Å². The van der Waals surface area contributed by atoms with Crippen molar-refractivity contribution >= 4 is 17.7 Å². The molecule has 4 rings (SSSR count). The lowest BCUT2D eigenvalue weighted by atomic mass is 9.93. The number of nitrogens with zero attached hydrogens (tertiary/aromatic N) is 3. The summed E-state index contributed by atoms with van der Waals surface area (Å²) in [5.74, 6) is -7.30. The van der Waals surface area contributed by atoms with E-state index in [2.05, 4.69) is 15.3 Å². The second-order valence-corrected chi connectivity index (χ2v) is 9.27. The van der Waals surface area contributed by atoms with Crippen LogP contribution < -0.4 is 10.2 Å².